The molecular weight excluding hydrogens is 258 g/mol. The molecule has 0 aliphatic rings. The Balaban J connectivity index is 4.04. The highest BCUT2D eigenvalue weighted by molar-refractivity contribution is 9.25. The minimum Gasteiger partial charge on any atom is -0.331 e. The van der Waals surface area contributed by atoms with Crippen LogP contribution in [0.4, 0.5) is 0 Å². The first-order valence-corrected chi connectivity index (χ1v) is 3.63. The van der Waals surface area contributed by atoms with Gasteiger partial charge in [0, 0.05) is 0 Å². The highest BCUT2D eigenvalue weighted by atomic mass is 79.9. The molecular formula is C3H5Br2NO3. The van der Waals surface area contributed by atoms with E-state index >= 15 is 0 Å². The summed E-state index contributed by atoms with van der Waals surface area (Å²) in [6.45, 7) is 1.44. The molecule has 0 heterocycles. The fourth-order valence-electron chi connectivity index (χ4n) is 0.185. The van der Waals surface area contributed by atoms with Crippen LogP contribution in [-0.2, 0) is 0 Å². The van der Waals surface area contributed by atoms with Gasteiger partial charge in [-0.1, -0.05) is 31.9 Å². The first-order chi connectivity index (χ1) is 3.85. The molecule has 1 atom stereocenters. The summed E-state index contributed by atoms with van der Waals surface area (Å²) in [6.07, 6.45) is -1.63. The van der Waals surface area contributed by atoms with Gasteiger partial charge in [0.15, 0.2) is 3.23 Å². The van der Waals surface area contributed by atoms with E-state index in [9.17, 15) is 10.1 Å². The van der Waals surface area contributed by atoms with Gasteiger partial charge in [0.1, 0.15) is 0 Å². The molecule has 9 heavy (non-hydrogen) atoms. The third-order valence-electron chi connectivity index (χ3n) is 0.653. The van der Waals surface area contributed by atoms with Gasteiger partial charge < -0.3 is 5.11 Å². The Labute approximate surface area is 68.7 Å². The molecule has 0 aromatic rings. The van der Waals surface area contributed by atoms with Crippen molar-refractivity contribution in [2.24, 2.45) is 0 Å². The van der Waals surface area contributed by atoms with Crippen molar-refractivity contribution in [3.05, 3.63) is 10.1 Å². The number of nitrogens with zero attached hydrogens (tertiary/aromatic N) is 1. The topological polar surface area (TPSA) is 63.4 Å². The highest BCUT2D eigenvalue weighted by Crippen LogP contribution is 2.29. The van der Waals surface area contributed by atoms with Gasteiger partial charge in [-0.2, -0.15) is 0 Å². The fourth-order valence-corrected chi connectivity index (χ4v) is 0.519. The van der Waals surface area contributed by atoms with E-state index in [-0.39, 0.29) is 0 Å². The monoisotopic (exact) mass is 261 g/mol. The molecule has 0 aromatic heterocycles. The molecule has 0 spiro atoms. The van der Waals surface area contributed by atoms with Gasteiger partial charge in [0.25, 0.3) is 0 Å². The van der Waals surface area contributed by atoms with E-state index in [0.29, 0.717) is 0 Å². The molecule has 4 nitrogen and oxygen atoms in total. The van der Waals surface area contributed by atoms with Gasteiger partial charge in [-0.15, -0.1) is 0 Å². The Kier molecular flexibility index (Phi) is 3.04. The Morgan fingerprint density at radius 3 is 2.11 bits per heavy atom. The van der Waals surface area contributed by atoms with Crippen LogP contribution in [0.2, 0.25) is 0 Å². The maximum Gasteiger partial charge on any atom is 0.337 e. The minimum absolute atomic E-state index is 0.788. The van der Waals surface area contributed by atoms with E-state index in [2.05, 4.69) is 31.9 Å². The van der Waals surface area contributed by atoms with Gasteiger partial charge in [-0.25, -0.2) is 0 Å². The van der Waals surface area contributed by atoms with Crippen molar-refractivity contribution in [3.63, 3.8) is 0 Å². The molecule has 0 amide bonds. The van der Waals surface area contributed by atoms with Gasteiger partial charge in [-0.3, -0.25) is 10.1 Å². The predicted molar refractivity (Wildman–Crippen MR) is 39.3 cm³/mol. The molecule has 1 N–H and O–H groups in total. The first kappa shape index (κ1) is 9.32. The molecule has 1 unspecified atom stereocenters. The molecule has 0 aliphatic carbocycles. The number of hydrogen-bond donors (Lipinski definition) is 1. The van der Waals surface area contributed by atoms with E-state index in [1.807, 2.05) is 0 Å². The molecule has 0 aromatic carbocycles. The summed E-state index contributed by atoms with van der Waals surface area (Å²) >= 11 is 5.74. The van der Waals surface area contributed by atoms with Gasteiger partial charge >= 0.3 is 6.23 Å². The second-order valence-electron chi connectivity index (χ2n) is 1.62. The molecule has 0 saturated heterocycles. The first-order valence-electron chi connectivity index (χ1n) is 2.05. The summed E-state index contributed by atoms with van der Waals surface area (Å²) < 4.78 is -1.04. The van der Waals surface area contributed by atoms with Crippen molar-refractivity contribution in [3.8, 4) is 0 Å². The van der Waals surface area contributed by atoms with Crippen molar-refractivity contribution in [2.45, 2.75) is 16.4 Å². The average molecular weight is 263 g/mol. The normalized spacial score (nSPS) is 15.1. The largest absolute Gasteiger partial charge is 0.337 e. The summed E-state index contributed by atoms with van der Waals surface area (Å²) in [4.78, 5) is 9.05. The van der Waals surface area contributed by atoms with Crippen molar-refractivity contribution >= 4 is 31.9 Å². The molecule has 0 saturated carbocycles. The zero-order valence-corrected chi connectivity index (χ0v) is 7.72. The lowest BCUT2D eigenvalue weighted by Crippen LogP contribution is -2.34. The number of aliphatic hydroxyl groups is 1. The number of halogens is 2. The van der Waals surface area contributed by atoms with Crippen LogP contribution < -0.4 is 0 Å². The zero-order chi connectivity index (χ0) is 7.65. The molecule has 0 rings (SSSR count). The molecule has 0 radical (unpaired) electrons. The van der Waals surface area contributed by atoms with Crippen molar-refractivity contribution in [1.29, 1.82) is 0 Å². The Bertz CT molecular complexity index is 121. The molecule has 54 valence electrons. The van der Waals surface area contributed by atoms with Crippen LogP contribution >= 0.6 is 31.9 Å². The van der Waals surface area contributed by atoms with Gasteiger partial charge in [0.05, 0.1) is 4.92 Å². The van der Waals surface area contributed by atoms with E-state index < -0.39 is 14.4 Å². The number of nitro groups is 1. The second kappa shape index (κ2) is 2.94. The van der Waals surface area contributed by atoms with E-state index in [1.54, 1.807) is 0 Å². The zero-order valence-electron chi connectivity index (χ0n) is 4.54. The molecule has 6 heteroatoms. The number of alkyl halides is 2. The van der Waals surface area contributed by atoms with Gasteiger partial charge in [-0.05, 0) is 6.92 Å². The summed E-state index contributed by atoms with van der Waals surface area (Å²) in [5.74, 6) is 0. The minimum atomic E-state index is -1.63. The number of hydrogen-bond acceptors (Lipinski definition) is 3. The maximum absolute atomic E-state index is 9.84. The predicted octanol–water partition coefficient (Wildman–Crippen LogP) is 1.09. The van der Waals surface area contributed by atoms with Crippen molar-refractivity contribution < 1.29 is 10.0 Å². The van der Waals surface area contributed by atoms with E-state index in [4.69, 9.17) is 5.11 Å². The van der Waals surface area contributed by atoms with Crippen molar-refractivity contribution in [1.82, 2.24) is 0 Å². The third kappa shape index (κ3) is 3.12. The Morgan fingerprint density at radius 2 is 2.11 bits per heavy atom. The fraction of sp³-hybridized carbons (Fsp3) is 1.00. The van der Waals surface area contributed by atoms with Gasteiger partial charge in [0.2, 0.25) is 0 Å². The molecule has 0 bridgehead atoms. The van der Waals surface area contributed by atoms with E-state index in [1.165, 1.54) is 6.92 Å². The number of aliphatic hydroxyl groups excluding tert-OH is 1. The maximum atomic E-state index is 9.84. The SMILES string of the molecule is CC(Br)(Br)C(O)[N+](=O)[O-]. The Morgan fingerprint density at radius 1 is 1.78 bits per heavy atom. The van der Waals surface area contributed by atoms with E-state index in [0.717, 1.165) is 0 Å². The van der Waals surface area contributed by atoms with Crippen LogP contribution in [0.5, 0.6) is 0 Å². The Hall–Kier alpha value is 0.320. The van der Waals surface area contributed by atoms with Crippen LogP contribution in [-0.4, -0.2) is 19.5 Å². The quantitative estimate of drug-likeness (QED) is 0.351. The summed E-state index contributed by atoms with van der Waals surface area (Å²) in [7, 11) is 0. The van der Waals surface area contributed by atoms with Crippen LogP contribution in [0.15, 0.2) is 0 Å². The third-order valence-corrected chi connectivity index (χ3v) is 1.47. The summed E-state index contributed by atoms with van der Waals surface area (Å²) in [5, 5.41) is 18.5. The van der Waals surface area contributed by atoms with Crippen LogP contribution in [0.25, 0.3) is 0 Å². The number of rotatable bonds is 2. The molecule has 0 aliphatic heterocycles. The lowest BCUT2D eigenvalue weighted by atomic mass is 10.4. The standard InChI is InChI=1S/C3H5Br2NO3/c1-3(4,5)2(7)6(8)9/h2,7H,1H3. The van der Waals surface area contributed by atoms with Crippen molar-refractivity contribution in [2.75, 3.05) is 0 Å². The van der Waals surface area contributed by atoms with Crippen LogP contribution in [0.3, 0.4) is 0 Å². The summed E-state index contributed by atoms with van der Waals surface area (Å²) in [6, 6.07) is 0. The average Bonchev–Trinajstić information content (AvgIpc) is 1.62. The molecule has 0 fully saturated rings. The highest BCUT2D eigenvalue weighted by Gasteiger charge is 2.36. The van der Waals surface area contributed by atoms with Crippen LogP contribution in [0.1, 0.15) is 6.92 Å². The second-order valence-corrected chi connectivity index (χ2v) is 5.97. The lowest BCUT2D eigenvalue weighted by molar-refractivity contribution is -0.570. The lowest BCUT2D eigenvalue weighted by Gasteiger charge is -2.12. The smallest absolute Gasteiger partial charge is 0.331 e. The van der Waals surface area contributed by atoms with Crippen LogP contribution in [0, 0.1) is 10.1 Å². The summed E-state index contributed by atoms with van der Waals surface area (Å²) in [5.41, 5.74) is 0.